The molecule has 4 N–H and O–H groups in total. The van der Waals surface area contributed by atoms with E-state index in [1.54, 1.807) is 6.07 Å². The molecule has 0 bridgehead atoms. The summed E-state index contributed by atoms with van der Waals surface area (Å²) in [5.41, 5.74) is 5.71. The van der Waals surface area contributed by atoms with E-state index in [0.717, 1.165) is 12.8 Å². The van der Waals surface area contributed by atoms with Crippen molar-refractivity contribution in [2.45, 2.75) is 38.8 Å². The Morgan fingerprint density at radius 2 is 2.30 bits per heavy atom. The van der Waals surface area contributed by atoms with Gasteiger partial charge in [-0.15, -0.1) is 0 Å². The van der Waals surface area contributed by atoms with E-state index in [9.17, 15) is 4.79 Å². The number of ether oxygens (including phenoxy) is 1. The maximum atomic E-state index is 11.5. The highest BCUT2D eigenvalue weighted by Crippen LogP contribution is 2.18. The van der Waals surface area contributed by atoms with Gasteiger partial charge in [-0.2, -0.15) is 0 Å². The molecule has 1 aromatic heterocycles. The molecule has 1 aliphatic carbocycles. The SMILES string of the molecule is CCOCc1nc(N)cc(NCCC(=O)NC2CC2)n1. The Kier molecular flexibility index (Phi) is 5.11. The number of carbonyl (C=O) groups excluding carboxylic acids is 1. The topological polar surface area (TPSA) is 102 Å². The van der Waals surface area contributed by atoms with Crippen LogP contribution in [0.2, 0.25) is 0 Å². The molecule has 1 aromatic rings. The summed E-state index contributed by atoms with van der Waals surface area (Å²) >= 11 is 0. The number of hydrogen-bond donors (Lipinski definition) is 3. The van der Waals surface area contributed by atoms with Gasteiger partial charge in [0, 0.05) is 31.7 Å². The molecule has 7 heteroatoms. The zero-order valence-electron chi connectivity index (χ0n) is 11.7. The van der Waals surface area contributed by atoms with E-state index in [4.69, 9.17) is 10.5 Å². The van der Waals surface area contributed by atoms with Crippen LogP contribution < -0.4 is 16.4 Å². The first-order chi connectivity index (χ1) is 9.67. The molecule has 110 valence electrons. The molecule has 0 radical (unpaired) electrons. The Morgan fingerprint density at radius 1 is 1.50 bits per heavy atom. The first kappa shape index (κ1) is 14.5. The lowest BCUT2D eigenvalue weighted by atomic mass is 10.4. The van der Waals surface area contributed by atoms with Crippen LogP contribution >= 0.6 is 0 Å². The zero-order valence-corrected chi connectivity index (χ0v) is 11.7. The number of aromatic nitrogens is 2. The smallest absolute Gasteiger partial charge is 0.221 e. The van der Waals surface area contributed by atoms with Gasteiger partial charge in [0.25, 0.3) is 0 Å². The van der Waals surface area contributed by atoms with Crippen molar-refractivity contribution in [3.8, 4) is 0 Å². The molecule has 2 rings (SSSR count). The summed E-state index contributed by atoms with van der Waals surface area (Å²) in [7, 11) is 0. The molecule has 0 atom stereocenters. The van der Waals surface area contributed by atoms with Crippen molar-refractivity contribution < 1.29 is 9.53 Å². The third-order valence-corrected chi connectivity index (χ3v) is 2.83. The minimum Gasteiger partial charge on any atom is -0.384 e. The number of hydrogen-bond acceptors (Lipinski definition) is 6. The van der Waals surface area contributed by atoms with Crippen LogP contribution in [0.4, 0.5) is 11.6 Å². The average molecular weight is 279 g/mol. The van der Waals surface area contributed by atoms with Crippen molar-refractivity contribution in [1.82, 2.24) is 15.3 Å². The van der Waals surface area contributed by atoms with Crippen molar-refractivity contribution in [2.24, 2.45) is 0 Å². The van der Waals surface area contributed by atoms with Gasteiger partial charge in [-0.3, -0.25) is 4.79 Å². The second-order valence-corrected chi connectivity index (χ2v) is 4.75. The number of rotatable bonds is 8. The molecular weight excluding hydrogens is 258 g/mol. The van der Waals surface area contributed by atoms with Gasteiger partial charge in [0.2, 0.25) is 5.91 Å². The number of nitrogens with one attached hydrogen (secondary N) is 2. The molecule has 0 unspecified atom stereocenters. The third kappa shape index (κ3) is 5.00. The van der Waals surface area contributed by atoms with Crippen LogP contribution in [0, 0.1) is 0 Å². The number of amides is 1. The maximum absolute atomic E-state index is 11.5. The van der Waals surface area contributed by atoms with Crippen LogP contribution in [0.15, 0.2) is 6.07 Å². The molecule has 1 saturated carbocycles. The Balaban J connectivity index is 1.78. The first-order valence-corrected chi connectivity index (χ1v) is 6.91. The molecule has 1 amide bonds. The van der Waals surface area contributed by atoms with E-state index in [2.05, 4.69) is 20.6 Å². The van der Waals surface area contributed by atoms with Crippen LogP contribution in [0.5, 0.6) is 0 Å². The second kappa shape index (κ2) is 7.04. The fourth-order valence-electron chi connectivity index (χ4n) is 1.70. The van der Waals surface area contributed by atoms with Gasteiger partial charge in [0.15, 0.2) is 5.82 Å². The number of nitrogens with zero attached hydrogens (tertiary/aromatic N) is 2. The van der Waals surface area contributed by atoms with Crippen molar-refractivity contribution in [3.63, 3.8) is 0 Å². The summed E-state index contributed by atoms with van der Waals surface area (Å²) in [6, 6.07) is 2.05. The lowest BCUT2D eigenvalue weighted by molar-refractivity contribution is -0.120. The lowest BCUT2D eigenvalue weighted by Crippen LogP contribution is -2.27. The van der Waals surface area contributed by atoms with Crippen molar-refractivity contribution in [1.29, 1.82) is 0 Å². The minimum atomic E-state index is 0.0663. The monoisotopic (exact) mass is 279 g/mol. The molecule has 0 spiro atoms. The predicted molar refractivity (Wildman–Crippen MR) is 76.0 cm³/mol. The standard InChI is InChI=1S/C13H21N5O2/c1-2-20-8-12-17-10(14)7-11(18-12)15-6-5-13(19)16-9-3-4-9/h7,9H,2-6,8H2,1H3,(H,16,19)(H3,14,15,17,18). The van der Waals surface area contributed by atoms with Crippen LogP contribution in [0.1, 0.15) is 32.0 Å². The van der Waals surface area contributed by atoms with Gasteiger partial charge >= 0.3 is 0 Å². The van der Waals surface area contributed by atoms with E-state index in [1.807, 2.05) is 6.92 Å². The lowest BCUT2D eigenvalue weighted by Gasteiger charge is -2.08. The van der Waals surface area contributed by atoms with Gasteiger partial charge in [-0.1, -0.05) is 0 Å². The van der Waals surface area contributed by atoms with Crippen molar-refractivity contribution in [3.05, 3.63) is 11.9 Å². The fourth-order valence-corrected chi connectivity index (χ4v) is 1.70. The molecule has 0 aromatic carbocycles. The summed E-state index contributed by atoms with van der Waals surface area (Å²) in [4.78, 5) is 19.9. The van der Waals surface area contributed by atoms with Gasteiger partial charge in [0.05, 0.1) is 0 Å². The number of carbonyl (C=O) groups is 1. The fraction of sp³-hybridized carbons (Fsp3) is 0.615. The second-order valence-electron chi connectivity index (χ2n) is 4.75. The molecular formula is C13H21N5O2. The van der Waals surface area contributed by atoms with E-state index >= 15 is 0 Å². The highest BCUT2D eigenvalue weighted by atomic mass is 16.5. The normalized spacial score (nSPS) is 14.1. The van der Waals surface area contributed by atoms with Gasteiger partial charge < -0.3 is 21.1 Å². The van der Waals surface area contributed by atoms with E-state index in [1.165, 1.54) is 0 Å². The van der Waals surface area contributed by atoms with Gasteiger partial charge in [-0.05, 0) is 19.8 Å². The van der Waals surface area contributed by atoms with Crippen LogP contribution in [-0.4, -0.2) is 35.1 Å². The van der Waals surface area contributed by atoms with E-state index < -0.39 is 0 Å². The quantitative estimate of drug-likeness (QED) is 0.646. The Bertz CT molecular complexity index is 462. The van der Waals surface area contributed by atoms with Crippen LogP contribution in [0.3, 0.4) is 0 Å². The summed E-state index contributed by atoms with van der Waals surface area (Å²) in [5, 5.41) is 6.01. The highest BCUT2D eigenvalue weighted by Gasteiger charge is 2.22. The number of anilines is 2. The zero-order chi connectivity index (χ0) is 14.4. The van der Waals surface area contributed by atoms with Crippen LogP contribution in [0.25, 0.3) is 0 Å². The van der Waals surface area contributed by atoms with Gasteiger partial charge in [0.1, 0.15) is 18.2 Å². The third-order valence-electron chi connectivity index (χ3n) is 2.83. The minimum absolute atomic E-state index is 0.0663. The van der Waals surface area contributed by atoms with Crippen LogP contribution in [-0.2, 0) is 16.1 Å². The molecule has 0 saturated heterocycles. The summed E-state index contributed by atoms with van der Waals surface area (Å²) in [6.45, 7) is 3.35. The molecule has 20 heavy (non-hydrogen) atoms. The molecule has 0 aliphatic heterocycles. The van der Waals surface area contributed by atoms with Gasteiger partial charge in [-0.25, -0.2) is 9.97 Å². The summed E-state index contributed by atoms with van der Waals surface area (Å²) in [5.74, 6) is 1.61. The molecule has 1 aliphatic rings. The number of nitrogen functional groups attached to an aromatic ring is 1. The molecule has 7 nitrogen and oxygen atoms in total. The molecule has 1 fully saturated rings. The Labute approximate surface area is 118 Å². The Morgan fingerprint density at radius 3 is 3.00 bits per heavy atom. The Hall–Kier alpha value is -1.89. The number of nitrogens with two attached hydrogens (primary N) is 1. The molecule has 1 heterocycles. The van der Waals surface area contributed by atoms with Crippen molar-refractivity contribution >= 4 is 17.5 Å². The largest absolute Gasteiger partial charge is 0.384 e. The first-order valence-electron chi connectivity index (χ1n) is 6.91. The van der Waals surface area contributed by atoms with Crippen molar-refractivity contribution in [2.75, 3.05) is 24.2 Å². The summed E-state index contributed by atoms with van der Waals surface area (Å²) < 4.78 is 5.25. The predicted octanol–water partition coefficient (Wildman–Crippen LogP) is 0.676. The maximum Gasteiger partial charge on any atom is 0.221 e. The average Bonchev–Trinajstić information content (AvgIpc) is 3.19. The van der Waals surface area contributed by atoms with E-state index in [-0.39, 0.29) is 5.91 Å². The highest BCUT2D eigenvalue weighted by molar-refractivity contribution is 5.77. The van der Waals surface area contributed by atoms with E-state index in [0.29, 0.717) is 49.7 Å². The summed E-state index contributed by atoms with van der Waals surface area (Å²) in [6.07, 6.45) is 2.62.